The lowest BCUT2D eigenvalue weighted by atomic mass is 10.1. The number of nitrogens with zero attached hydrogens (tertiary/aromatic N) is 1. The van der Waals surface area contributed by atoms with Gasteiger partial charge in [-0.2, -0.15) is 0 Å². The lowest BCUT2D eigenvalue weighted by molar-refractivity contribution is -0.142. The molecule has 1 saturated heterocycles. The zero-order valence-electron chi connectivity index (χ0n) is 9.96. The van der Waals surface area contributed by atoms with E-state index in [9.17, 15) is 18.3 Å². The van der Waals surface area contributed by atoms with Gasteiger partial charge in [-0.3, -0.25) is 4.79 Å². The summed E-state index contributed by atoms with van der Waals surface area (Å²) in [5.41, 5.74) is 0. The maximum absolute atomic E-state index is 11.8. The second kappa shape index (κ2) is 6.32. The number of piperidine rings is 1. The molecule has 0 amide bonds. The van der Waals surface area contributed by atoms with Crippen LogP contribution in [-0.4, -0.2) is 55.4 Å². The molecule has 1 rings (SSSR count). The first kappa shape index (κ1) is 14.4. The summed E-state index contributed by atoms with van der Waals surface area (Å²) in [7, 11) is -3.40. The van der Waals surface area contributed by atoms with Crippen LogP contribution in [0.2, 0.25) is 0 Å². The van der Waals surface area contributed by atoms with Crippen molar-refractivity contribution in [3.8, 4) is 0 Å². The number of sulfonamides is 1. The first-order chi connectivity index (χ1) is 7.95. The predicted molar refractivity (Wildman–Crippen MR) is 61.9 cm³/mol. The number of aliphatic hydroxyl groups excluding tert-OH is 1. The molecule has 1 heterocycles. The van der Waals surface area contributed by atoms with Gasteiger partial charge in [-0.1, -0.05) is 0 Å². The summed E-state index contributed by atoms with van der Waals surface area (Å²) in [6, 6.07) is 0. The first-order valence-corrected chi connectivity index (χ1v) is 7.38. The summed E-state index contributed by atoms with van der Waals surface area (Å²) in [5, 5.41) is 9.29. The summed E-state index contributed by atoms with van der Waals surface area (Å²) in [6.45, 7) is 2.59. The molecule has 1 N–H and O–H groups in total. The van der Waals surface area contributed by atoms with E-state index in [1.807, 2.05) is 0 Å². The number of aliphatic hydroxyl groups is 1. The third kappa shape index (κ3) is 4.61. The highest BCUT2D eigenvalue weighted by Gasteiger charge is 2.27. The zero-order valence-corrected chi connectivity index (χ0v) is 10.8. The van der Waals surface area contributed by atoms with Crippen molar-refractivity contribution in [2.45, 2.75) is 32.3 Å². The Bertz CT molecular complexity index is 346. The molecule has 0 aromatic heterocycles. The van der Waals surface area contributed by atoms with Crippen LogP contribution in [0.1, 0.15) is 26.2 Å². The predicted octanol–water partition coefficient (Wildman–Crippen LogP) is -0.274. The van der Waals surface area contributed by atoms with E-state index in [0.29, 0.717) is 25.9 Å². The Morgan fingerprint density at radius 1 is 1.41 bits per heavy atom. The Balaban J connectivity index is 2.43. The molecule has 0 unspecified atom stereocenters. The lowest BCUT2D eigenvalue weighted by Crippen LogP contribution is -2.41. The summed E-state index contributed by atoms with van der Waals surface area (Å²) < 4.78 is 29.7. The Labute approximate surface area is 102 Å². The van der Waals surface area contributed by atoms with E-state index in [0.717, 1.165) is 0 Å². The zero-order chi connectivity index (χ0) is 12.9. The van der Waals surface area contributed by atoms with Crippen molar-refractivity contribution in [3.63, 3.8) is 0 Å². The van der Waals surface area contributed by atoms with Gasteiger partial charge in [0.05, 0.1) is 24.9 Å². The molecule has 0 aromatic rings. The van der Waals surface area contributed by atoms with Crippen LogP contribution in [0.25, 0.3) is 0 Å². The third-order valence-electron chi connectivity index (χ3n) is 2.69. The van der Waals surface area contributed by atoms with E-state index in [4.69, 9.17) is 0 Å². The number of esters is 1. The van der Waals surface area contributed by atoms with Gasteiger partial charge in [-0.15, -0.1) is 0 Å². The van der Waals surface area contributed by atoms with Crippen molar-refractivity contribution < 1.29 is 23.1 Å². The molecule has 1 fully saturated rings. The second-order valence-corrected chi connectivity index (χ2v) is 6.09. The van der Waals surface area contributed by atoms with Crippen LogP contribution in [0.5, 0.6) is 0 Å². The molecule has 0 bridgehead atoms. The Kier molecular flexibility index (Phi) is 5.35. The lowest BCUT2D eigenvalue weighted by Gasteiger charge is -2.28. The van der Waals surface area contributed by atoms with E-state index < -0.39 is 22.1 Å². The summed E-state index contributed by atoms with van der Waals surface area (Å²) >= 11 is 0. The molecule has 0 aromatic carbocycles. The number of rotatable bonds is 5. The number of hydrogen-bond donors (Lipinski definition) is 1. The molecule has 0 spiro atoms. The fourth-order valence-corrected chi connectivity index (χ4v) is 3.14. The van der Waals surface area contributed by atoms with E-state index >= 15 is 0 Å². The van der Waals surface area contributed by atoms with Gasteiger partial charge in [0.15, 0.2) is 0 Å². The monoisotopic (exact) mass is 265 g/mol. The average Bonchev–Trinajstić information content (AvgIpc) is 2.28. The Morgan fingerprint density at radius 2 is 2.00 bits per heavy atom. The van der Waals surface area contributed by atoms with Gasteiger partial charge in [0, 0.05) is 13.1 Å². The Morgan fingerprint density at radius 3 is 2.53 bits per heavy atom. The van der Waals surface area contributed by atoms with Gasteiger partial charge in [0.1, 0.15) is 0 Å². The largest absolute Gasteiger partial charge is 0.466 e. The minimum Gasteiger partial charge on any atom is -0.466 e. The van der Waals surface area contributed by atoms with Gasteiger partial charge in [-0.25, -0.2) is 12.7 Å². The van der Waals surface area contributed by atoms with Gasteiger partial charge in [-0.05, 0) is 19.8 Å². The van der Waals surface area contributed by atoms with Gasteiger partial charge < -0.3 is 9.84 Å². The maximum Gasteiger partial charge on any atom is 0.306 e. The highest BCUT2D eigenvalue weighted by Crippen LogP contribution is 2.14. The van der Waals surface area contributed by atoms with Crippen LogP contribution in [0, 0.1) is 0 Å². The van der Waals surface area contributed by atoms with Crippen molar-refractivity contribution in [2.24, 2.45) is 0 Å². The van der Waals surface area contributed by atoms with E-state index in [1.165, 1.54) is 4.31 Å². The topological polar surface area (TPSA) is 83.9 Å². The molecular weight excluding hydrogens is 246 g/mol. The number of ether oxygens (including phenoxy) is 1. The van der Waals surface area contributed by atoms with Crippen LogP contribution in [0.15, 0.2) is 0 Å². The van der Waals surface area contributed by atoms with Crippen LogP contribution < -0.4 is 0 Å². The van der Waals surface area contributed by atoms with Crippen LogP contribution >= 0.6 is 0 Å². The quantitative estimate of drug-likeness (QED) is 0.692. The van der Waals surface area contributed by atoms with Crippen molar-refractivity contribution in [3.05, 3.63) is 0 Å². The fraction of sp³-hybridized carbons (Fsp3) is 0.900. The van der Waals surface area contributed by atoms with Crippen LogP contribution in [0.3, 0.4) is 0 Å². The molecular formula is C10H19NO5S. The number of carbonyl (C=O) groups is 1. The van der Waals surface area contributed by atoms with E-state index in [1.54, 1.807) is 6.92 Å². The molecule has 1 aliphatic rings. The molecule has 100 valence electrons. The van der Waals surface area contributed by atoms with E-state index in [2.05, 4.69) is 4.74 Å². The summed E-state index contributed by atoms with van der Waals surface area (Å²) in [4.78, 5) is 11.1. The van der Waals surface area contributed by atoms with Crippen molar-refractivity contribution in [1.29, 1.82) is 0 Å². The molecule has 0 radical (unpaired) electrons. The molecule has 0 atom stereocenters. The normalized spacial score (nSPS) is 19.2. The van der Waals surface area contributed by atoms with Crippen LogP contribution in [-0.2, 0) is 19.6 Å². The number of carbonyl (C=O) groups excluding carboxylic acids is 1. The SMILES string of the molecule is CCOC(=O)CCS(=O)(=O)N1CCC(O)CC1. The highest BCUT2D eigenvalue weighted by atomic mass is 32.2. The van der Waals surface area contributed by atoms with Gasteiger partial charge in [0.25, 0.3) is 0 Å². The van der Waals surface area contributed by atoms with Crippen molar-refractivity contribution >= 4 is 16.0 Å². The van der Waals surface area contributed by atoms with E-state index in [-0.39, 0.29) is 18.8 Å². The molecule has 7 heteroatoms. The highest BCUT2D eigenvalue weighted by molar-refractivity contribution is 7.89. The maximum atomic E-state index is 11.8. The second-order valence-electron chi connectivity index (χ2n) is 4.00. The van der Waals surface area contributed by atoms with Crippen molar-refractivity contribution in [1.82, 2.24) is 4.31 Å². The smallest absolute Gasteiger partial charge is 0.306 e. The molecule has 1 aliphatic heterocycles. The van der Waals surface area contributed by atoms with Crippen molar-refractivity contribution in [2.75, 3.05) is 25.4 Å². The molecule has 0 aliphatic carbocycles. The molecule has 17 heavy (non-hydrogen) atoms. The number of hydrogen-bond acceptors (Lipinski definition) is 5. The average molecular weight is 265 g/mol. The summed E-state index contributed by atoms with van der Waals surface area (Å²) in [5.74, 6) is -0.713. The van der Waals surface area contributed by atoms with Gasteiger partial charge >= 0.3 is 5.97 Å². The Hall–Kier alpha value is -0.660. The van der Waals surface area contributed by atoms with Crippen LogP contribution in [0.4, 0.5) is 0 Å². The first-order valence-electron chi connectivity index (χ1n) is 5.77. The minimum atomic E-state index is -3.40. The third-order valence-corrected chi connectivity index (χ3v) is 4.56. The summed E-state index contributed by atoms with van der Waals surface area (Å²) in [6.07, 6.45) is 0.387. The van der Waals surface area contributed by atoms with Gasteiger partial charge in [0.2, 0.25) is 10.0 Å². The molecule has 6 nitrogen and oxygen atoms in total. The standard InChI is InChI=1S/C10H19NO5S/c1-2-16-10(13)5-8-17(14,15)11-6-3-9(12)4-7-11/h9,12H,2-8H2,1H3. The fourth-order valence-electron chi connectivity index (χ4n) is 1.69. The molecule has 0 saturated carbocycles. The minimum absolute atomic E-state index is 0.116.